The van der Waals surface area contributed by atoms with Crippen LogP contribution in [0.1, 0.15) is 10.4 Å². The lowest BCUT2D eigenvalue weighted by molar-refractivity contribution is -0.274. The smallest absolute Gasteiger partial charge is 0.406 e. The van der Waals surface area contributed by atoms with Crippen molar-refractivity contribution >= 4 is 11.9 Å². The third-order valence-electron chi connectivity index (χ3n) is 3.26. The van der Waals surface area contributed by atoms with Crippen LogP contribution < -0.4 is 10.1 Å². The first-order valence-corrected chi connectivity index (χ1v) is 7.42. The van der Waals surface area contributed by atoms with Crippen LogP contribution in [0.15, 0.2) is 24.3 Å². The monoisotopic (exact) mass is 401 g/mol. The molecule has 0 atom stereocenters. The van der Waals surface area contributed by atoms with Gasteiger partial charge in [0.15, 0.2) is 0 Å². The number of benzene rings is 1. The molecule has 150 valence electrons. The fraction of sp³-hybridized carbons (Fsp3) is 0.429. The number of rotatable bonds is 3. The Morgan fingerprint density at radius 2 is 1.56 bits per heavy atom. The molecule has 0 spiro atoms. The van der Waals surface area contributed by atoms with Gasteiger partial charge in [0.05, 0.1) is 0 Å². The number of carbonyl (C=O) groups excluding carboxylic acids is 2. The number of piperazine rings is 1. The normalized spacial score (nSPS) is 15.9. The minimum Gasteiger partial charge on any atom is -0.406 e. The summed E-state index contributed by atoms with van der Waals surface area (Å²) in [5.41, 5.74) is -0.307. The molecule has 0 saturated carbocycles. The Bertz CT molecular complexity index is 671. The molecule has 0 aliphatic carbocycles. The zero-order valence-electron chi connectivity index (χ0n) is 13.4. The standard InChI is InChI=1S/C14H13F6N3O4/c15-13(16,17)12(25)27-23(22-7-5-21-6-8-22)11(24)9-1-3-10(4-2-9)26-14(18,19)20/h1-4,21H,5-8H2. The zero-order chi connectivity index (χ0) is 20.2. The van der Waals surface area contributed by atoms with Crippen LogP contribution in [0.3, 0.4) is 0 Å². The number of nitrogens with zero attached hydrogens (tertiary/aromatic N) is 2. The largest absolute Gasteiger partial charge is 0.573 e. The molecule has 27 heavy (non-hydrogen) atoms. The number of hydroxylamine groups is 1. The Balaban J connectivity index is 2.20. The van der Waals surface area contributed by atoms with Crippen molar-refractivity contribution in [2.75, 3.05) is 26.2 Å². The first-order chi connectivity index (χ1) is 12.5. The molecular weight excluding hydrogens is 388 g/mol. The van der Waals surface area contributed by atoms with Gasteiger partial charge in [0, 0.05) is 31.7 Å². The van der Waals surface area contributed by atoms with E-state index in [9.17, 15) is 35.9 Å². The van der Waals surface area contributed by atoms with Crippen molar-refractivity contribution in [3.63, 3.8) is 0 Å². The molecule has 1 aliphatic heterocycles. The van der Waals surface area contributed by atoms with Gasteiger partial charge in [0.2, 0.25) is 0 Å². The first-order valence-electron chi connectivity index (χ1n) is 7.42. The van der Waals surface area contributed by atoms with E-state index in [1.807, 2.05) is 0 Å². The van der Waals surface area contributed by atoms with Crippen LogP contribution in [-0.4, -0.2) is 60.8 Å². The topological polar surface area (TPSA) is 71.1 Å². The van der Waals surface area contributed by atoms with Gasteiger partial charge >= 0.3 is 24.4 Å². The number of amides is 1. The molecule has 1 N–H and O–H groups in total. The minimum atomic E-state index is -5.34. The molecule has 13 heteroatoms. The summed E-state index contributed by atoms with van der Waals surface area (Å²) in [5, 5.41) is 4.13. The van der Waals surface area contributed by atoms with Crippen molar-refractivity contribution in [3.8, 4) is 5.75 Å². The van der Waals surface area contributed by atoms with E-state index in [0.717, 1.165) is 29.3 Å². The lowest BCUT2D eigenvalue weighted by atomic mass is 10.2. The molecule has 0 radical (unpaired) electrons. The van der Waals surface area contributed by atoms with Gasteiger partial charge in [-0.1, -0.05) is 5.17 Å². The Morgan fingerprint density at radius 1 is 1.00 bits per heavy atom. The summed E-state index contributed by atoms with van der Waals surface area (Å²) in [6, 6.07) is 3.42. The number of halogens is 6. The minimum absolute atomic E-state index is 0.0617. The quantitative estimate of drug-likeness (QED) is 0.616. The summed E-state index contributed by atoms with van der Waals surface area (Å²) in [4.78, 5) is 27.8. The highest BCUT2D eigenvalue weighted by Gasteiger charge is 2.44. The summed E-state index contributed by atoms with van der Waals surface area (Å²) in [6.07, 6.45) is -10.3. The fourth-order valence-corrected chi connectivity index (χ4v) is 2.10. The first kappa shape index (κ1) is 20.8. The van der Waals surface area contributed by atoms with Gasteiger partial charge in [0.1, 0.15) is 5.75 Å². The fourth-order valence-electron chi connectivity index (χ4n) is 2.10. The Hall–Kier alpha value is -2.54. The Morgan fingerprint density at radius 3 is 2.04 bits per heavy atom. The number of hydrogen-bond acceptors (Lipinski definition) is 6. The maximum absolute atomic E-state index is 12.5. The summed E-state index contributed by atoms with van der Waals surface area (Å²) in [6.45, 7) is 0.746. The van der Waals surface area contributed by atoms with Gasteiger partial charge < -0.3 is 14.9 Å². The zero-order valence-corrected chi connectivity index (χ0v) is 13.4. The van der Waals surface area contributed by atoms with Gasteiger partial charge in [-0.2, -0.15) is 18.2 Å². The van der Waals surface area contributed by atoms with Crippen molar-refractivity contribution in [3.05, 3.63) is 29.8 Å². The van der Waals surface area contributed by atoms with Crippen LogP contribution in [0, 0.1) is 0 Å². The average Bonchev–Trinajstić information content (AvgIpc) is 2.58. The summed E-state index contributed by atoms with van der Waals surface area (Å²) in [5.74, 6) is -4.39. The molecule has 7 nitrogen and oxygen atoms in total. The van der Waals surface area contributed by atoms with Crippen LogP contribution in [0.25, 0.3) is 0 Å². The molecule has 1 aromatic rings. The van der Waals surface area contributed by atoms with Crippen molar-refractivity contribution in [2.24, 2.45) is 0 Å². The molecule has 0 bridgehead atoms. The number of nitrogens with one attached hydrogen (secondary N) is 1. The molecule has 1 aliphatic rings. The summed E-state index contributed by atoms with van der Waals surface area (Å²) in [7, 11) is 0. The molecule has 1 saturated heterocycles. The summed E-state index contributed by atoms with van der Waals surface area (Å²) < 4.78 is 77.6. The lowest BCUT2D eigenvalue weighted by Gasteiger charge is -2.35. The van der Waals surface area contributed by atoms with Crippen molar-refractivity contribution in [2.45, 2.75) is 12.5 Å². The molecule has 1 heterocycles. The van der Waals surface area contributed by atoms with E-state index in [1.54, 1.807) is 0 Å². The van der Waals surface area contributed by atoms with Gasteiger partial charge in [-0.25, -0.2) is 4.79 Å². The summed E-state index contributed by atoms with van der Waals surface area (Å²) >= 11 is 0. The Labute approximate surface area is 148 Å². The van der Waals surface area contributed by atoms with Crippen molar-refractivity contribution < 1.29 is 45.5 Å². The molecule has 0 unspecified atom stereocenters. The highest BCUT2D eigenvalue weighted by atomic mass is 19.4. The Kier molecular flexibility index (Phi) is 6.15. The molecule has 1 aromatic carbocycles. The van der Waals surface area contributed by atoms with E-state index in [4.69, 9.17) is 0 Å². The maximum Gasteiger partial charge on any atom is 0.573 e. The second kappa shape index (κ2) is 8.00. The van der Waals surface area contributed by atoms with Gasteiger partial charge in [0.25, 0.3) is 0 Å². The van der Waals surface area contributed by atoms with Crippen LogP contribution in [0.4, 0.5) is 26.3 Å². The molecular formula is C14H13F6N3O4. The second-order valence-corrected chi connectivity index (χ2v) is 5.23. The van der Waals surface area contributed by atoms with Gasteiger partial charge in [-0.05, 0) is 24.3 Å². The van der Waals surface area contributed by atoms with Crippen LogP contribution in [-0.2, 0) is 9.63 Å². The molecule has 1 fully saturated rings. The van der Waals surface area contributed by atoms with Crippen LogP contribution >= 0.6 is 0 Å². The predicted molar refractivity (Wildman–Crippen MR) is 75.9 cm³/mol. The third kappa shape index (κ3) is 5.99. The van der Waals surface area contributed by atoms with Crippen molar-refractivity contribution in [1.82, 2.24) is 15.5 Å². The molecule has 1 amide bonds. The van der Waals surface area contributed by atoms with E-state index in [0.29, 0.717) is 13.1 Å². The van der Waals surface area contributed by atoms with Gasteiger partial charge in [-0.3, -0.25) is 4.79 Å². The molecule has 2 rings (SSSR count). The van der Waals surface area contributed by atoms with Crippen molar-refractivity contribution in [1.29, 1.82) is 0 Å². The second-order valence-electron chi connectivity index (χ2n) is 5.23. The van der Waals surface area contributed by atoms with Crippen LogP contribution in [0.5, 0.6) is 5.75 Å². The number of alkyl halides is 6. The van der Waals surface area contributed by atoms with E-state index in [1.165, 1.54) is 0 Å². The highest BCUT2D eigenvalue weighted by Crippen LogP contribution is 2.24. The highest BCUT2D eigenvalue weighted by molar-refractivity contribution is 5.94. The van der Waals surface area contributed by atoms with Crippen LogP contribution in [0.2, 0.25) is 0 Å². The SMILES string of the molecule is O=C(c1ccc(OC(F)(F)F)cc1)N(OC(=O)C(F)(F)F)N1CCNCC1. The lowest BCUT2D eigenvalue weighted by Crippen LogP contribution is -2.55. The number of carbonyl (C=O) groups is 2. The third-order valence-corrected chi connectivity index (χ3v) is 3.26. The average molecular weight is 401 g/mol. The molecule has 0 aromatic heterocycles. The number of hydrogen-bond donors (Lipinski definition) is 1. The number of hydrazine groups is 1. The predicted octanol–water partition coefficient (Wildman–Crippen LogP) is 1.87. The number of ether oxygens (including phenoxy) is 1. The maximum atomic E-state index is 12.5. The van der Waals surface area contributed by atoms with Gasteiger partial charge in [-0.15, -0.1) is 13.2 Å². The van der Waals surface area contributed by atoms with E-state index < -0.39 is 30.2 Å². The van der Waals surface area contributed by atoms with E-state index in [2.05, 4.69) is 14.9 Å². The van der Waals surface area contributed by atoms with E-state index >= 15 is 0 Å². The van der Waals surface area contributed by atoms with E-state index in [-0.39, 0.29) is 23.8 Å².